The highest BCUT2D eigenvalue weighted by Crippen LogP contribution is 2.34. The van der Waals surface area contributed by atoms with E-state index in [-0.39, 0.29) is 23.9 Å². The van der Waals surface area contributed by atoms with Crippen LogP contribution in [-0.4, -0.2) is 89.2 Å². The van der Waals surface area contributed by atoms with Crippen molar-refractivity contribution in [2.45, 2.75) is 64.1 Å². The molecule has 1 amide bonds. The van der Waals surface area contributed by atoms with Gasteiger partial charge in [-0.2, -0.15) is 10.1 Å². The number of carbonyl (C=O) groups is 1. The van der Waals surface area contributed by atoms with Crippen LogP contribution in [0.25, 0.3) is 10.9 Å². The molecule has 3 aliphatic heterocycles. The van der Waals surface area contributed by atoms with Gasteiger partial charge in [0.1, 0.15) is 17.5 Å². The lowest BCUT2D eigenvalue weighted by Gasteiger charge is -2.31. The van der Waals surface area contributed by atoms with E-state index in [1.165, 1.54) is 0 Å². The van der Waals surface area contributed by atoms with Gasteiger partial charge in [-0.05, 0) is 65.1 Å². The van der Waals surface area contributed by atoms with E-state index in [4.69, 9.17) is 19.8 Å². The van der Waals surface area contributed by atoms with Crippen LogP contribution >= 0.6 is 0 Å². The molecule has 0 aromatic carbocycles. The van der Waals surface area contributed by atoms with E-state index in [0.29, 0.717) is 30.2 Å². The maximum Gasteiger partial charge on any atom is 0.227 e. The van der Waals surface area contributed by atoms with Crippen molar-refractivity contribution < 1.29 is 9.53 Å². The Balaban J connectivity index is 1.17. The van der Waals surface area contributed by atoms with Crippen molar-refractivity contribution in [3.63, 3.8) is 0 Å². The number of fused-ring (bicyclic) bond motifs is 1. The zero-order valence-electron chi connectivity index (χ0n) is 24.3. The molecule has 0 aliphatic carbocycles. The highest BCUT2D eigenvalue weighted by atomic mass is 16.5. The standard InChI is InChI=1S/C29H42N10O2/c1-19(2)39-28(38-13-7-20(18-38)27(40)33-21-4-10-30-11-5-21)23-17-32-26(16-24(23)36-39)34-25-6-12-31-29(35-25)37-14-8-22(41-3)9-15-37/h6,12,16-17,19-22,30H,4-5,7-11,13-15,18H2,1-3H3,(H,33,40)(H,31,34,35). The number of hydrogen-bond acceptors (Lipinski definition) is 10. The van der Waals surface area contributed by atoms with Crippen molar-refractivity contribution in [1.82, 2.24) is 35.4 Å². The minimum absolute atomic E-state index is 0.0170. The Morgan fingerprint density at radius 3 is 2.59 bits per heavy atom. The molecule has 3 N–H and O–H groups in total. The van der Waals surface area contributed by atoms with Crippen LogP contribution in [0.4, 0.5) is 23.4 Å². The first-order valence-corrected chi connectivity index (χ1v) is 15.0. The minimum Gasteiger partial charge on any atom is -0.381 e. The first-order valence-electron chi connectivity index (χ1n) is 15.0. The van der Waals surface area contributed by atoms with E-state index in [2.05, 4.69) is 49.3 Å². The lowest BCUT2D eigenvalue weighted by atomic mass is 10.0. The largest absolute Gasteiger partial charge is 0.381 e. The van der Waals surface area contributed by atoms with Crippen LogP contribution < -0.4 is 25.8 Å². The first kappa shape index (κ1) is 27.6. The number of amides is 1. The second kappa shape index (κ2) is 12.2. The number of pyridine rings is 1. The Morgan fingerprint density at radius 2 is 1.83 bits per heavy atom. The lowest BCUT2D eigenvalue weighted by Crippen LogP contribution is -2.45. The van der Waals surface area contributed by atoms with Gasteiger partial charge < -0.3 is 30.5 Å². The summed E-state index contributed by atoms with van der Waals surface area (Å²) in [6.07, 6.45) is 8.75. The van der Waals surface area contributed by atoms with E-state index in [9.17, 15) is 4.79 Å². The van der Waals surface area contributed by atoms with E-state index < -0.39 is 0 Å². The molecule has 0 radical (unpaired) electrons. The van der Waals surface area contributed by atoms with Gasteiger partial charge in [-0.15, -0.1) is 0 Å². The molecular weight excluding hydrogens is 520 g/mol. The summed E-state index contributed by atoms with van der Waals surface area (Å²) in [5.74, 6) is 3.29. The van der Waals surface area contributed by atoms with Gasteiger partial charge in [0.2, 0.25) is 11.9 Å². The summed E-state index contributed by atoms with van der Waals surface area (Å²) in [5.41, 5.74) is 0.865. The molecule has 6 heterocycles. The highest BCUT2D eigenvalue weighted by molar-refractivity contribution is 5.92. The Kier molecular flexibility index (Phi) is 8.20. The monoisotopic (exact) mass is 562 g/mol. The molecule has 3 aromatic rings. The number of anilines is 4. The summed E-state index contributed by atoms with van der Waals surface area (Å²) in [5, 5.41) is 16.0. The predicted octanol–water partition coefficient (Wildman–Crippen LogP) is 2.86. The van der Waals surface area contributed by atoms with Gasteiger partial charge in [0.05, 0.1) is 22.9 Å². The Morgan fingerprint density at radius 1 is 1.05 bits per heavy atom. The van der Waals surface area contributed by atoms with E-state index in [1.807, 2.05) is 18.3 Å². The van der Waals surface area contributed by atoms with Crippen LogP contribution in [0.1, 0.15) is 52.0 Å². The second-order valence-electron chi connectivity index (χ2n) is 11.7. The van der Waals surface area contributed by atoms with Crippen molar-refractivity contribution in [2.75, 3.05) is 61.5 Å². The summed E-state index contributed by atoms with van der Waals surface area (Å²) in [7, 11) is 1.77. The SMILES string of the molecule is COC1CCN(c2nccc(Nc3cc4nn(C(C)C)c(N5CCC(C(=O)NC6CCNCC6)C5)c4cn3)n2)CC1. The average Bonchev–Trinajstić information content (AvgIpc) is 3.63. The van der Waals surface area contributed by atoms with E-state index in [0.717, 1.165) is 81.5 Å². The van der Waals surface area contributed by atoms with Crippen molar-refractivity contribution >= 4 is 40.2 Å². The van der Waals surface area contributed by atoms with Crippen LogP contribution in [-0.2, 0) is 9.53 Å². The van der Waals surface area contributed by atoms with Crippen molar-refractivity contribution in [3.05, 3.63) is 24.5 Å². The molecule has 3 aromatic heterocycles. The summed E-state index contributed by atoms with van der Waals surface area (Å²) in [6.45, 7) is 9.47. The van der Waals surface area contributed by atoms with E-state index in [1.54, 1.807) is 13.3 Å². The molecule has 0 saturated carbocycles. The van der Waals surface area contributed by atoms with Crippen LogP contribution in [0.3, 0.4) is 0 Å². The molecule has 3 fully saturated rings. The molecule has 1 unspecified atom stereocenters. The van der Waals surface area contributed by atoms with Gasteiger partial charge in [-0.1, -0.05) is 0 Å². The van der Waals surface area contributed by atoms with Gasteiger partial charge in [-0.25, -0.2) is 14.6 Å². The van der Waals surface area contributed by atoms with Crippen molar-refractivity contribution in [2.24, 2.45) is 5.92 Å². The molecular formula is C29H42N10O2. The van der Waals surface area contributed by atoms with Crippen LogP contribution in [0.15, 0.2) is 24.5 Å². The number of ether oxygens (including phenoxy) is 1. The minimum atomic E-state index is -0.0170. The molecule has 41 heavy (non-hydrogen) atoms. The zero-order valence-corrected chi connectivity index (χ0v) is 24.3. The van der Waals surface area contributed by atoms with Crippen molar-refractivity contribution in [3.8, 4) is 0 Å². The number of nitrogens with one attached hydrogen (secondary N) is 3. The molecule has 0 bridgehead atoms. The van der Waals surface area contributed by atoms with Gasteiger partial charge >= 0.3 is 0 Å². The number of methoxy groups -OCH3 is 1. The normalized spacial score (nSPS) is 20.7. The summed E-state index contributed by atoms with van der Waals surface area (Å²) in [6, 6.07) is 4.28. The average molecular weight is 563 g/mol. The second-order valence-corrected chi connectivity index (χ2v) is 11.7. The Labute approximate surface area is 241 Å². The maximum absolute atomic E-state index is 13.1. The molecule has 220 valence electrons. The number of piperidine rings is 2. The molecule has 12 nitrogen and oxygen atoms in total. The van der Waals surface area contributed by atoms with Gasteiger partial charge in [0, 0.05) is 63.8 Å². The smallest absolute Gasteiger partial charge is 0.227 e. The molecule has 3 aliphatic rings. The number of nitrogens with zero attached hydrogens (tertiary/aromatic N) is 7. The van der Waals surface area contributed by atoms with Crippen LogP contribution in [0.5, 0.6) is 0 Å². The number of rotatable bonds is 8. The fourth-order valence-corrected chi connectivity index (χ4v) is 6.18. The lowest BCUT2D eigenvalue weighted by molar-refractivity contribution is -0.125. The number of hydrogen-bond donors (Lipinski definition) is 3. The summed E-state index contributed by atoms with van der Waals surface area (Å²) >= 11 is 0. The molecule has 1 atom stereocenters. The summed E-state index contributed by atoms with van der Waals surface area (Å²) < 4.78 is 7.56. The fourth-order valence-electron chi connectivity index (χ4n) is 6.18. The number of carbonyl (C=O) groups excluding carboxylic acids is 1. The molecule has 12 heteroatoms. The number of aromatic nitrogens is 5. The Hall–Kier alpha value is -3.51. The third kappa shape index (κ3) is 6.08. The maximum atomic E-state index is 13.1. The van der Waals surface area contributed by atoms with Crippen molar-refractivity contribution in [1.29, 1.82) is 0 Å². The third-order valence-electron chi connectivity index (χ3n) is 8.55. The first-order chi connectivity index (χ1) is 20.0. The predicted molar refractivity (Wildman–Crippen MR) is 160 cm³/mol. The quantitative estimate of drug-likeness (QED) is 0.377. The molecule has 6 rings (SSSR count). The Bertz CT molecular complexity index is 1350. The zero-order chi connectivity index (χ0) is 28.3. The summed E-state index contributed by atoms with van der Waals surface area (Å²) in [4.78, 5) is 31.5. The molecule has 0 spiro atoms. The highest BCUT2D eigenvalue weighted by Gasteiger charge is 2.33. The van der Waals surface area contributed by atoms with Crippen LogP contribution in [0.2, 0.25) is 0 Å². The topological polar surface area (TPSA) is 125 Å². The van der Waals surface area contributed by atoms with Crippen LogP contribution in [0, 0.1) is 5.92 Å². The van der Waals surface area contributed by atoms with Gasteiger partial charge in [0.15, 0.2) is 0 Å². The van der Waals surface area contributed by atoms with Gasteiger partial charge in [-0.3, -0.25) is 4.79 Å². The van der Waals surface area contributed by atoms with Gasteiger partial charge in [0.25, 0.3) is 0 Å². The third-order valence-corrected chi connectivity index (χ3v) is 8.55. The fraction of sp³-hybridized carbons (Fsp3) is 0.621. The molecule has 3 saturated heterocycles. The van der Waals surface area contributed by atoms with E-state index >= 15 is 0 Å².